The van der Waals surface area contributed by atoms with Gasteiger partial charge in [0.05, 0.1) is 20.3 Å². The number of ether oxygens (including phenoxy) is 2. The van der Waals surface area contributed by atoms with Gasteiger partial charge in [0, 0.05) is 31.7 Å². The molecule has 2 atom stereocenters. The van der Waals surface area contributed by atoms with Crippen molar-refractivity contribution < 1.29 is 9.47 Å². The van der Waals surface area contributed by atoms with Gasteiger partial charge in [-0.1, -0.05) is 42.5 Å². The third-order valence-corrected chi connectivity index (χ3v) is 4.83. The molecule has 25 heavy (non-hydrogen) atoms. The molecule has 0 radical (unpaired) electrons. The first-order chi connectivity index (χ1) is 12.3. The van der Waals surface area contributed by atoms with E-state index in [1.165, 1.54) is 11.1 Å². The number of nitrogens with zero attached hydrogens (tertiary/aromatic N) is 1. The minimum absolute atomic E-state index is 0.274. The largest absolute Gasteiger partial charge is 0.497 e. The van der Waals surface area contributed by atoms with Crippen LogP contribution in [0.4, 0.5) is 0 Å². The highest BCUT2D eigenvalue weighted by Gasteiger charge is 2.23. The van der Waals surface area contributed by atoms with Gasteiger partial charge >= 0.3 is 0 Å². The van der Waals surface area contributed by atoms with Gasteiger partial charge < -0.3 is 14.8 Å². The molecule has 1 fully saturated rings. The van der Waals surface area contributed by atoms with E-state index in [1.54, 1.807) is 7.11 Å². The molecule has 1 heterocycles. The molecule has 134 valence electrons. The summed E-state index contributed by atoms with van der Waals surface area (Å²) in [5.74, 6) is 0.901. The Labute approximate surface area is 150 Å². The maximum Gasteiger partial charge on any atom is 0.119 e. The van der Waals surface area contributed by atoms with Crippen LogP contribution in [0.15, 0.2) is 54.6 Å². The summed E-state index contributed by atoms with van der Waals surface area (Å²) < 4.78 is 11.0. The molecule has 4 nitrogen and oxygen atoms in total. The van der Waals surface area contributed by atoms with Crippen LogP contribution in [0, 0.1) is 0 Å². The molecule has 0 aromatic heterocycles. The molecule has 0 amide bonds. The zero-order valence-corrected chi connectivity index (χ0v) is 15.2. The number of hydrogen-bond donors (Lipinski definition) is 1. The van der Waals surface area contributed by atoms with Gasteiger partial charge in [0.25, 0.3) is 0 Å². The molecular weight excluding hydrogens is 312 g/mol. The van der Waals surface area contributed by atoms with Crippen LogP contribution in [-0.4, -0.2) is 44.4 Å². The smallest absolute Gasteiger partial charge is 0.119 e. The van der Waals surface area contributed by atoms with E-state index in [9.17, 15) is 0 Å². The molecule has 1 unspecified atom stereocenters. The lowest BCUT2D eigenvalue weighted by atomic mass is 10.1. The summed E-state index contributed by atoms with van der Waals surface area (Å²) in [5, 5.41) is 3.66. The molecule has 2 aromatic carbocycles. The van der Waals surface area contributed by atoms with Crippen molar-refractivity contribution in [3.8, 4) is 5.75 Å². The summed E-state index contributed by atoms with van der Waals surface area (Å²) in [7, 11) is 1.71. The summed E-state index contributed by atoms with van der Waals surface area (Å²) in [6.07, 6.45) is 0. The van der Waals surface area contributed by atoms with Gasteiger partial charge in [0.15, 0.2) is 0 Å². The number of rotatable bonds is 7. The fraction of sp³-hybridized carbons (Fsp3) is 0.429. The van der Waals surface area contributed by atoms with E-state index in [1.807, 2.05) is 12.1 Å². The summed E-state index contributed by atoms with van der Waals surface area (Å²) >= 11 is 0. The number of benzene rings is 2. The lowest BCUT2D eigenvalue weighted by Crippen LogP contribution is -2.50. The van der Waals surface area contributed by atoms with Gasteiger partial charge in [-0.25, -0.2) is 0 Å². The zero-order valence-electron chi connectivity index (χ0n) is 15.2. The Kier molecular flexibility index (Phi) is 6.45. The van der Waals surface area contributed by atoms with E-state index in [0.29, 0.717) is 6.04 Å². The van der Waals surface area contributed by atoms with Crippen molar-refractivity contribution in [2.24, 2.45) is 0 Å². The fourth-order valence-electron chi connectivity index (χ4n) is 3.24. The topological polar surface area (TPSA) is 33.7 Å². The average Bonchev–Trinajstić information content (AvgIpc) is 2.68. The third kappa shape index (κ3) is 5.05. The molecule has 0 aliphatic carbocycles. The van der Waals surface area contributed by atoms with Crippen LogP contribution < -0.4 is 10.1 Å². The maximum atomic E-state index is 5.72. The molecule has 1 saturated heterocycles. The molecule has 0 bridgehead atoms. The summed E-state index contributed by atoms with van der Waals surface area (Å²) in [6.45, 7) is 6.66. The molecular formula is C21H28N2O2. The monoisotopic (exact) mass is 340 g/mol. The first kappa shape index (κ1) is 17.9. The predicted octanol–water partition coefficient (Wildman–Crippen LogP) is 3.25. The Morgan fingerprint density at radius 3 is 2.84 bits per heavy atom. The second-order valence-corrected chi connectivity index (χ2v) is 6.59. The van der Waals surface area contributed by atoms with Crippen molar-refractivity contribution in [2.75, 3.05) is 33.4 Å². The molecule has 1 aliphatic heterocycles. The third-order valence-electron chi connectivity index (χ3n) is 4.83. The normalized spacial score (nSPS) is 19.5. The Morgan fingerprint density at radius 2 is 2.04 bits per heavy atom. The lowest BCUT2D eigenvalue weighted by Gasteiger charge is -2.36. The van der Waals surface area contributed by atoms with Crippen LogP contribution in [-0.2, 0) is 11.3 Å². The quantitative estimate of drug-likeness (QED) is 0.839. The van der Waals surface area contributed by atoms with Gasteiger partial charge in [-0.2, -0.15) is 0 Å². The van der Waals surface area contributed by atoms with E-state index in [4.69, 9.17) is 9.47 Å². The van der Waals surface area contributed by atoms with E-state index in [-0.39, 0.29) is 6.04 Å². The van der Waals surface area contributed by atoms with Gasteiger partial charge in [-0.3, -0.25) is 4.90 Å². The van der Waals surface area contributed by atoms with Crippen LogP contribution in [0.3, 0.4) is 0 Å². The molecule has 3 rings (SSSR count). The predicted molar refractivity (Wildman–Crippen MR) is 101 cm³/mol. The minimum Gasteiger partial charge on any atom is -0.497 e. The van der Waals surface area contributed by atoms with E-state index < -0.39 is 0 Å². The Bertz CT molecular complexity index is 647. The van der Waals surface area contributed by atoms with Crippen molar-refractivity contribution in [1.29, 1.82) is 0 Å². The number of nitrogens with one attached hydrogen (secondary N) is 1. The number of morpholine rings is 1. The Balaban J connectivity index is 1.57. The Hall–Kier alpha value is -1.88. The van der Waals surface area contributed by atoms with Gasteiger partial charge in [0.1, 0.15) is 5.75 Å². The van der Waals surface area contributed by atoms with Gasteiger partial charge in [0.2, 0.25) is 0 Å². The number of hydrogen-bond acceptors (Lipinski definition) is 4. The van der Waals surface area contributed by atoms with Gasteiger partial charge in [-0.05, 0) is 30.2 Å². The molecule has 2 aromatic rings. The van der Waals surface area contributed by atoms with Crippen LogP contribution >= 0.6 is 0 Å². The minimum atomic E-state index is 0.274. The maximum absolute atomic E-state index is 5.72. The SMILES string of the molecule is COc1cccc([C@@H](C)NCC2COCCN2Cc2ccccc2)c1. The second-order valence-electron chi connectivity index (χ2n) is 6.59. The Morgan fingerprint density at radius 1 is 1.20 bits per heavy atom. The van der Waals surface area contributed by atoms with E-state index in [2.05, 4.69) is 59.6 Å². The van der Waals surface area contributed by atoms with Crippen LogP contribution in [0.5, 0.6) is 5.75 Å². The average molecular weight is 340 g/mol. The number of methoxy groups -OCH3 is 1. The van der Waals surface area contributed by atoms with Crippen LogP contribution in [0.2, 0.25) is 0 Å². The molecule has 0 spiro atoms. The van der Waals surface area contributed by atoms with E-state index in [0.717, 1.165) is 38.6 Å². The highest BCUT2D eigenvalue weighted by Crippen LogP contribution is 2.19. The van der Waals surface area contributed by atoms with Crippen molar-refractivity contribution in [2.45, 2.75) is 25.6 Å². The molecule has 1 aliphatic rings. The summed E-state index contributed by atoms with van der Waals surface area (Å²) in [4.78, 5) is 2.52. The van der Waals surface area contributed by atoms with Crippen LogP contribution in [0.25, 0.3) is 0 Å². The first-order valence-corrected chi connectivity index (χ1v) is 8.99. The standard InChI is InChI=1S/C21H28N2O2/c1-17(19-9-6-10-21(13-19)24-2)22-14-20-16-25-12-11-23(20)15-18-7-4-3-5-8-18/h3-10,13,17,20,22H,11-12,14-16H2,1-2H3/t17-,20?/m1/s1. The van der Waals surface area contributed by atoms with Crippen molar-refractivity contribution >= 4 is 0 Å². The first-order valence-electron chi connectivity index (χ1n) is 8.99. The van der Waals surface area contributed by atoms with Crippen molar-refractivity contribution in [3.63, 3.8) is 0 Å². The molecule has 4 heteroatoms. The molecule has 0 saturated carbocycles. The summed E-state index contributed by atoms with van der Waals surface area (Å²) in [6, 6.07) is 19.6. The summed E-state index contributed by atoms with van der Waals surface area (Å²) in [5.41, 5.74) is 2.60. The zero-order chi connectivity index (χ0) is 17.5. The van der Waals surface area contributed by atoms with Gasteiger partial charge in [-0.15, -0.1) is 0 Å². The highest BCUT2D eigenvalue weighted by molar-refractivity contribution is 5.30. The highest BCUT2D eigenvalue weighted by atomic mass is 16.5. The van der Waals surface area contributed by atoms with Crippen LogP contribution in [0.1, 0.15) is 24.1 Å². The molecule has 1 N–H and O–H groups in total. The lowest BCUT2D eigenvalue weighted by molar-refractivity contribution is -0.0116. The van der Waals surface area contributed by atoms with Crippen molar-refractivity contribution in [1.82, 2.24) is 10.2 Å². The second kappa shape index (κ2) is 8.99. The van der Waals surface area contributed by atoms with Crippen molar-refractivity contribution in [3.05, 3.63) is 65.7 Å². The fourth-order valence-corrected chi connectivity index (χ4v) is 3.24. The van der Waals surface area contributed by atoms with E-state index >= 15 is 0 Å².